The first kappa shape index (κ1) is 40.0. The normalized spacial score (nSPS) is 12.7. The summed E-state index contributed by atoms with van der Waals surface area (Å²) in [6, 6.07) is 66.9. The molecule has 0 saturated heterocycles. The molecule has 6 heteroatoms. The number of hydrogen-bond acceptors (Lipinski definition) is 4. The Hall–Kier alpha value is -6.42. The van der Waals surface area contributed by atoms with Crippen LogP contribution in [0.15, 0.2) is 176 Å². The van der Waals surface area contributed by atoms with Gasteiger partial charge in [0.25, 0.3) is 0 Å². The van der Waals surface area contributed by atoms with Gasteiger partial charge in [-0.2, -0.15) is 12.1 Å². The average Bonchev–Trinajstić information content (AvgIpc) is 3.83. The molecular weight excluding hydrogens is 928 g/mol. The first-order valence-electron chi connectivity index (χ1n) is 20.5. The largest absolute Gasteiger partial charge is 0.509 e. The van der Waals surface area contributed by atoms with Crippen LogP contribution in [0.4, 0.5) is 22.7 Å². The second kappa shape index (κ2) is 15.9. The van der Waals surface area contributed by atoms with Gasteiger partial charge < -0.3 is 19.1 Å². The van der Waals surface area contributed by atoms with Gasteiger partial charge >= 0.3 is 0 Å². The van der Waals surface area contributed by atoms with Crippen molar-refractivity contribution in [2.75, 3.05) is 9.80 Å². The molecular formula is C55H45N4OPt-3. The minimum Gasteiger partial charge on any atom is -0.509 e. The van der Waals surface area contributed by atoms with Crippen LogP contribution < -0.4 is 14.5 Å². The number of ether oxygens (including phenoxy) is 1. The van der Waals surface area contributed by atoms with Gasteiger partial charge in [-0.05, 0) is 81.1 Å². The third-order valence-corrected chi connectivity index (χ3v) is 11.8. The first-order chi connectivity index (χ1) is 29.1. The number of hydrogen-bond donors (Lipinski definition) is 0. The van der Waals surface area contributed by atoms with E-state index in [0.29, 0.717) is 11.5 Å². The molecule has 7 aromatic carbocycles. The maximum Gasteiger partial charge on any atom is 0.135 e. The van der Waals surface area contributed by atoms with Crippen LogP contribution in [0.25, 0.3) is 38.8 Å². The zero-order chi connectivity index (χ0) is 41.0. The van der Waals surface area contributed by atoms with E-state index in [2.05, 4.69) is 219 Å². The summed E-state index contributed by atoms with van der Waals surface area (Å²) in [6.07, 6.45) is 1.91. The minimum atomic E-state index is -0.220. The van der Waals surface area contributed by atoms with Gasteiger partial charge in [-0.1, -0.05) is 137 Å². The van der Waals surface area contributed by atoms with Crippen molar-refractivity contribution in [3.05, 3.63) is 212 Å². The van der Waals surface area contributed by atoms with Crippen molar-refractivity contribution in [1.82, 2.24) is 9.55 Å². The van der Waals surface area contributed by atoms with Gasteiger partial charge in [0.05, 0.1) is 0 Å². The molecule has 0 spiro atoms. The molecule has 3 heterocycles. The van der Waals surface area contributed by atoms with Crippen LogP contribution in [0.1, 0.15) is 51.3 Å². The summed E-state index contributed by atoms with van der Waals surface area (Å²) in [5, 5.41) is 2.22. The maximum absolute atomic E-state index is 6.63. The fourth-order valence-corrected chi connectivity index (χ4v) is 8.37. The molecule has 5 nitrogen and oxygen atoms in total. The molecule has 0 saturated carbocycles. The van der Waals surface area contributed by atoms with Crippen molar-refractivity contribution < 1.29 is 25.8 Å². The molecule has 0 unspecified atom stereocenters. The van der Waals surface area contributed by atoms with E-state index in [1.165, 1.54) is 27.8 Å². The van der Waals surface area contributed by atoms with Crippen molar-refractivity contribution in [3.8, 4) is 28.4 Å². The SMILES string of the molecule is CC(C)(C)c1cc(-c2ccccc2)cc(N2[CH-]N(c3[c-]c(Oc4[c-]c5c(cc4)c4ccccc4n5-c4cc(C(C)(C)c5ccccc5)ccn4)ccc3)c3ccccc32)c1.[Pt]. The second-order valence-corrected chi connectivity index (χ2v) is 17.1. The molecule has 9 aromatic rings. The second-order valence-electron chi connectivity index (χ2n) is 17.1. The first-order valence-corrected chi connectivity index (χ1v) is 20.5. The molecule has 304 valence electrons. The van der Waals surface area contributed by atoms with Crippen molar-refractivity contribution in [2.24, 2.45) is 0 Å². The molecule has 0 aliphatic carbocycles. The van der Waals surface area contributed by atoms with Gasteiger partial charge in [0.1, 0.15) is 5.82 Å². The van der Waals surface area contributed by atoms with Crippen LogP contribution >= 0.6 is 0 Å². The van der Waals surface area contributed by atoms with E-state index in [0.717, 1.165) is 50.4 Å². The summed E-state index contributed by atoms with van der Waals surface area (Å²) in [7, 11) is 0. The molecule has 0 radical (unpaired) electrons. The average molecular weight is 973 g/mol. The fraction of sp³-hybridized carbons (Fsp3) is 0.127. The van der Waals surface area contributed by atoms with Gasteiger partial charge in [0.2, 0.25) is 0 Å². The number of aromatic nitrogens is 2. The smallest absolute Gasteiger partial charge is 0.135 e. The van der Waals surface area contributed by atoms with Gasteiger partial charge in [-0.15, -0.1) is 48.1 Å². The standard InChI is InChI=1S/C55H45N4O.Pt/c1-54(2,3)42-31-39(38-17-8-6-9-18-38)32-44(33-42)58-37-57(50-25-14-15-26-51(50)58)43-21-16-22-45(35-43)60-46-27-28-48-47-23-12-13-24-49(47)59(52(48)36-46)53-34-41(29-30-56-53)55(4,5)40-19-10-7-11-20-40;/h6-34,37H,1-5H3;/q-3;. The van der Waals surface area contributed by atoms with Crippen LogP contribution in [0.5, 0.6) is 11.5 Å². The number of rotatable bonds is 8. The maximum atomic E-state index is 6.63. The Balaban J connectivity index is 0.00000476. The quantitative estimate of drug-likeness (QED) is 0.142. The van der Waals surface area contributed by atoms with Crippen molar-refractivity contribution >= 4 is 44.6 Å². The summed E-state index contributed by atoms with van der Waals surface area (Å²) in [5.74, 6) is 2.03. The van der Waals surface area contributed by atoms with Gasteiger partial charge in [-0.25, -0.2) is 4.98 Å². The monoisotopic (exact) mass is 972 g/mol. The Morgan fingerprint density at radius 2 is 1.23 bits per heavy atom. The summed E-state index contributed by atoms with van der Waals surface area (Å²) in [5.41, 5.74) is 11.9. The molecule has 0 atom stereocenters. The zero-order valence-electron chi connectivity index (χ0n) is 34.8. The molecule has 61 heavy (non-hydrogen) atoms. The third-order valence-electron chi connectivity index (χ3n) is 11.8. The fourth-order valence-electron chi connectivity index (χ4n) is 8.37. The molecule has 0 fully saturated rings. The number of pyridine rings is 1. The van der Waals surface area contributed by atoms with E-state index in [4.69, 9.17) is 9.72 Å². The zero-order valence-corrected chi connectivity index (χ0v) is 37.1. The van der Waals surface area contributed by atoms with E-state index in [9.17, 15) is 0 Å². The summed E-state index contributed by atoms with van der Waals surface area (Å²) in [4.78, 5) is 9.39. The van der Waals surface area contributed by atoms with Crippen LogP contribution in [-0.2, 0) is 31.9 Å². The number of anilines is 4. The van der Waals surface area contributed by atoms with Crippen LogP contribution in [-0.4, -0.2) is 9.55 Å². The van der Waals surface area contributed by atoms with E-state index >= 15 is 0 Å². The molecule has 0 N–H and O–H groups in total. The predicted octanol–water partition coefficient (Wildman–Crippen LogP) is 14.3. The molecule has 0 amide bonds. The van der Waals surface area contributed by atoms with Crippen molar-refractivity contribution in [3.63, 3.8) is 0 Å². The van der Waals surface area contributed by atoms with E-state index in [1.54, 1.807) is 0 Å². The Labute approximate surface area is 373 Å². The topological polar surface area (TPSA) is 33.5 Å². The number of fused-ring (bicyclic) bond motifs is 4. The van der Waals surface area contributed by atoms with E-state index in [-0.39, 0.29) is 31.9 Å². The van der Waals surface area contributed by atoms with Crippen molar-refractivity contribution in [2.45, 2.75) is 45.4 Å². The van der Waals surface area contributed by atoms with Gasteiger partial charge in [0.15, 0.2) is 0 Å². The molecule has 10 rings (SSSR count). The number of benzene rings is 7. The Kier molecular flexibility index (Phi) is 10.4. The van der Waals surface area contributed by atoms with E-state index < -0.39 is 0 Å². The number of nitrogens with zero attached hydrogens (tertiary/aromatic N) is 4. The van der Waals surface area contributed by atoms with Crippen molar-refractivity contribution in [1.29, 1.82) is 0 Å². The van der Waals surface area contributed by atoms with Gasteiger partial charge in [0, 0.05) is 66.8 Å². The van der Waals surface area contributed by atoms with Crippen LogP contribution in [0, 0.1) is 18.8 Å². The predicted molar refractivity (Wildman–Crippen MR) is 247 cm³/mol. The third kappa shape index (κ3) is 7.42. The summed E-state index contributed by atoms with van der Waals surface area (Å²) >= 11 is 0. The van der Waals surface area contributed by atoms with Crippen LogP contribution in [0.3, 0.4) is 0 Å². The minimum absolute atomic E-state index is 0. The Morgan fingerprint density at radius 1 is 0.541 bits per heavy atom. The Bertz CT molecular complexity index is 3020. The van der Waals surface area contributed by atoms with Gasteiger partial charge in [-0.3, -0.25) is 0 Å². The number of para-hydroxylation sites is 3. The molecule has 1 aliphatic rings. The molecule has 1 aliphatic heterocycles. The van der Waals surface area contributed by atoms with Crippen LogP contribution in [0.2, 0.25) is 0 Å². The Morgan fingerprint density at radius 3 is 2.00 bits per heavy atom. The van der Waals surface area contributed by atoms with E-state index in [1.807, 2.05) is 24.4 Å². The summed E-state index contributed by atoms with van der Waals surface area (Å²) in [6.45, 7) is 13.5. The summed E-state index contributed by atoms with van der Waals surface area (Å²) < 4.78 is 8.83. The molecule has 2 aromatic heterocycles. The molecule has 0 bridgehead atoms.